The van der Waals surface area contributed by atoms with Crippen molar-refractivity contribution >= 4 is 0 Å². The topological polar surface area (TPSA) is 0 Å². The molecular formula is C15H18Nd. The number of hydrogen-bond donors (Lipinski definition) is 0. The maximum Gasteiger partial charge on any atom is 0 e. The Labute approximate surface area is 132 Å². The van der Waals surface area contributed by atoms with Crippen molar-refractivity contribution in [1.29, 1.82) is 0 Å². The zero-order valence-corrected chi connectivity index (χ0v) is 12.8. The Morgan fingerprint density at radius 3 is 0.625 bits per heavy atom. The molecule has 0 aromatic carbocycles. The molecule has 0 nitrogen and oxygen atoms in total. The van der Waals surface area contributed by atoms with Crippen LogP contribution in [0.3, 0.4) is 0 Å². The SMILES string of the molecule is C1=CCC=C1.C1=CCC=C1.C1=CCC=C1.[Nd]. The number of allylic oxidation sites excluding steroid dienone is 12. The summed E-state index contributed by atoms with van der Waals surface area (Å²) in [6, 6.07) is 0. The van der Waals surface area contributed by atoms with Crippen LogP contribution in [0.2, 0.25) is 0 Å². The zero-order chi connectivity index (χ0) is 10.6. The minimum absolute atomic E-state index is 0. The van der Waals surface area contributed by atoms with Crippen LogP contribution in [-0.4, -0.2) is 0 Å². The third kappa shape index (κ3) is 10.3. The fraction of sp³-hybridized carbons (Fsp3) is 0.200. The first kappa shape index (κ1) is 15.8. The van der Waals surface area contributed by atoms with Crippen molar-refractivity contribution < 1.29 is 40.8 Å². The third-order valence-corrected chi connectivity index (χ3v) is 1.97. The zero-order valence-electron chi connectivity index (χ0n) is 9.55. The first-order valence-electron chi connectivity index (χ1n) is 5.45. The maximum atomic E-state index is 2.12. The Kier molecular flexibility index (Phi) is 12.7. The molecule has 0 radical (unpaired) electrons. The fourth-order valence-corrected chi connectivity index (χ4v) is 1.18. The van der Waals surface area contributed by atoms with Gasteiger partial charge < -0.3 is 0 Å². The Hall–Kier alpha value is -0.209. The minimum Gasteiger partial charge on any atom is -0.0808 e. The van der Waals surface area contributed by atoms with Gasteiger partial charge in [-0.25, -0.2) is 0 Å². The summed E-state index contributed by atoms with van der Waals surface area (Å²) in [4.78, 5) is 0. The van der Waals surface area contributed by atoms with E-state index in [1.165, 1.54) is 0 Å². The summed E-state index contributed by atoms with van der Waals surface area (Å²) >= 11 is 0. The normalized spacial score (nSPS) is 16.5. The quantitative estimate of drug-likeness (QED) is 0.608. The average Bonchev–Trinajstić information content (AvgIpc) is 3.09. The molecule has 0 aromatic rings. The van der Waals surface area contributed by atoms with Gasteiger partial charge in [-0.1, -0.05) is 72.9 Å². The van der Waals surface area contributed by atoms with Crippen LogP contribution in [0.5, 0.6) is 0 Å². The molecule has 0 atom stereocenters. The van der Waals surface area contributed by atoms with Crippen LogP contribution in [0, 0.1) is 40.8 Å². The predicted octanol–water partition coefficient (Wildman–Crippen LogP) is 4.51. The molecule has 0 fully saturated rings. The van der Waals surface area contributed by atoms with Crippen LogP contribution < -0.4 is 0 Å². The molecule has 0 saturated carbocycles. The molecule has 3 aliphatic rings. The molecule has 0 heterocycles. The van der Waals surface area contributed by atoms with Gasteiger partial charge in [0.2, 0.25) is 0 Å². The van der Waals surface area contributed by atoms with E-state index in [9.17, 15) is 0 Å². The van der Waals surface area contributed by atoms with Gasteiger partial charge in [-0.3, -0.25) is 0 Å². The second kappa shape index (κ2) is 12.9. The van der Waals surface area contributed by atoms with Crippen molar-refractivity contribution in [2.75, 3.05) is 0 Å². The largest absolute Gasteiger partial charge is 0.0808 e. The van der Waals surface area contributed by atoms with Gasteiger partial charge >= 0.3 is 0 Å². The molecule has 82 valence electrons. The third-order valence-electron chi connectivity index (χ3n) is 1.97. The van der Waals surface area contributed by atoms with Crippen molar-refractivity contribution in [3.05, 3.63) is 72.9 Å². The molecule has 16 heavy (non-hydrogen) atoms. The fourth-order valence-electron chi connectivity index (χ4n) is 1.18. The molecule has 0 saturated heterocycles. The van der Waals surface area contributed by atoms with Gasteiger partial charge in [-0.2, -0.15) is 0 Å². The summed E-state index contributed by atoms with van der Waals surface area (Å²) in [6.45, 7) is 0. The Bertz CT molecular complexity index is 232. The van der Waals surface area contributed by atoms with Crippen LogP contribution in [0.1, 0.15) is 19.3 Å². The predicted molar refractivity (Wildman–Crippen MR) is 68.7 cm³/mol. The molecular weight excluding hydrogens is 324 g/mol. The van der Waals surface area contributed by atoms with Gasteiger partial charge in [0.05, 0.1) is 0 Å². The van der Waals surface area contributed by atoms with E-state index in [4.69, 9.17) is 0 Å². The first-order valence-corrected chi connectivity index (χ1v) is 5.45. The van der Waals surface area contributed by atoms with E-state index in [1.807, 2.05) is 0 Å². The summed E-state index contributed by atoms with van der Waals surface area (Å²) < 4.78 is 0. The van der Waals surface area contributed by atoms with E-state index >= 15 is 0 Å². The summed E-state index contributed by atoms with van der Waals surface area (Å²) in [7, 11) is 0. The Balaban J connectivity index is 0.000000205. The van der Waals surface area contributed by atoms with Crippen molar-refractivity contribution in [2.24, 2.45) is 0 Å². The molecule has 0 unspecified atom stereocenters. The van der Waals surface area contributed by atoms with Gasteiger partial charge in [0.25, 0.3) is 0 Å². The molecule has 0 amide bonds. The Morgan fingerprint density at radius 2 is 0.562 bits per heavy atom. The van der Waals surface area contributed by atoms with E-state index < -0.39 is 0 Å². The summed E-state index contributed by atoms with van der Waals surface area (Å²) in [6.07, 6.45) is 28.5. The van der Waals surface area contributed by atoms with E-state index in [-0.39, 0.29) is 40.8 Å². The van der Waals surface area contributed by atoms with Gasteiger partial charge in [-0.15, -0.1) is 0 Å². The van der Waals surface area contributed by atoms with Gasteiger partial charge in [0, 0.05) is 40.8 Å². The molecule has 1 heteroatoms. The molecule has 0 aliphatic heterocycles. The minimum atomic E-state index is 0. The summed E-state index contributed by atoms with van der Waals surface area (Å²) in [5, 5.41) is 0. The van der Waals surface area contributed by atoms with Crippen LogP contribution in [-0.2, 0) is 0 Å². The van der Waals surface area contributed by atoms with Crippen molar-refractivity contribution in [2.45, 2.75) is 19.3 Å². The molecule has 0 bridgehead atoms. The van der Waals surface area contributed by atoms with E-state index in [2.05, 4.69) is 72.9 Å². The van der Waals surface area contributed by atoms with E-state index in [1.54, 1.807) is 0 Å². The van der Waals surface area contributed by atoms with E-state index in [0.717, 1.165) is 19.3 Å². The van der Waals surface area contributed by atoms with Crippen LogP contribution in [0.25, 0.3) is 0 Å². The maximum absolute atomic E-state index is 2.12. The molecule has 0 aromatic heterocycles. The Morgan fingerprint density at radius 1 is 0.375 bits per heavy atom. The number of hydrogen-bond acceptors (Lipinski definition) is 0. The van der Waals surface area contributed by atoms with Gasteiger partial charge in [-0.05, 0) is 19.3 Å². The summed E-state index contributed by atoms with van der Waals surface area (Å²) in [5.41, 5.74) is 0. The first-order chi connectivity index (χ1) is 7.50. The van der Waals surface area contributed by atoms with Crippen molar-refractivity contribution in [3.63, 3.8) is 0 Å². The van der Waals surface area contributed by atoms with Gasteiger partial charge in [0.15, 0.2) is 0 Å². The van der Waals surface area contributed by atoms with Crippen molar-refractivity contribution in [1.82, 2.24) is 0 Å². The summed E-state index contributed by atoms with van der Waals surface area (Å²) in [5.74, 6) is 0. The molecule has 0 spiro atoms. The second-order valence-corrected chi connectivity index (χ2v) is 3.28. The number of rotatable bonds is 0. The molecule has 3 rings (SSSR count). The second-order valence-electron chi connectivity index (χ2n) is 3.28. The smallest absolute Gasteiger partial charge is 0 e. The molecule has 3 aliphatic carbocycles. The van der Waals surface area contributed by atoms with E-state index in [0.29, 0.717) is 0 Å². The molecule has 0 N–H and O–H groups in total. The standard InChI is InChI=1S/3C5H6.Nd/c3*1-2-4-5-3-1;/h3*1-4H,5H2;. The van der Waals surface area contributed by atoms with Gasteiger partial charge in [0.1, 0.15) is 0 Å². The monoisotopic (exact) mass is 340 g/mol. The van der Waals surface area contributed by atoms with Crippen LogP contribution in [0.15, 0.2) is 72.9 Å². The van der Waals surface area contributed by atoms with Crippen LogP contribution in [0.4, 0.5) is 0 Å². The van der Waals surface area contributed by atoms with Crippen LogP contribution >= 0.6 is 0 Å². The van der Waals surface area contributed by atoms with Crippen molar-refractivity contribution in [3.8, 4) is 0 Å². The average molecular weight is 343 g/mol.